The molecule has 7 heteroatoms. The largest absolute Gasteiger partial charge is 0.314 e. The summed E-state index contributed by atoms with van der Waals surface area (Å²) in [6.07, 6.45) is 6.36. The van der Waals surface area contributed by atoms with Crippen molar-refractivity contribution in [2.24, 2.45) is 0 Å². The third-order valence-electron chi connectivity index (χ3n) is 19.5. The van der Waals surface area contributed by atoms with Gasteiger partial charge in [0.15, 0.2) is 0 Å². The second kappa shape index (κ2) is 19.5. The first-order chi connectivity index (χ1) is 45.7. The average molecular weight is 1170 g/mol. The van der Waals surface area contributed by atoms with E-state index in [1.54, 1.807) is 0 Å². The third-order valence-corrected chi connectivity index (χ3v) is 19.5. The zero-order valence-corrected chi connectivity index (χ0v) is 49.7. The molecule has 0 atom stereocenters. The van der Waals surface area contributed by atoms with Crippen molar-refractivity contribution in [2.45, 2.75) is 0 Å². The zero-order chi connectivity index (χ0) is 60.1. The SMILES string of the molecule is c1ccc(-n2ccn(-c3ccccc3)c3cc4c(cc32)c2cccc(-n3c5ccccc5c5cc(-n6c7ccccc7c7ccccc76)ccc53)c2c2c(-n3c5ccccc5c5cc(-n6c7ccccc7c7ccccc76)ccc53)cccc2c2cccnc42)cc1. The summed E-state index contributed by atoms with van der Waals surface area (Å²) in [5, 5.41) is 17.3. The first-order valence-corrected chi connectivity index (χ1v) is 31.5. The van der Waals surface area contributed by atoms with Gasteiger partial charge in [0.05, 0.1) is 72.1 Å². The molecule has 6 aromatic heterocycles. The van der Waals surface area contributed by atoms with E-state index in [0.29, 0.717) is 0 Å². The maximum Gasteiger partial charge on any atom is 0.0787 e. The lowest BCUT2D eigenvalue weighted by atomic mass is 9.93. The monoisotopic (exact) mass is 1170 g/mol. The second-order valence-electron chi connectivity index (χ2n) is 24.2. The summed E-state index contributed by atoms with van der Waals surface area (Å²) in [5.41, 5.74) is 18.8. The molecule has 0 aliphatic carbocycles. The summed E-state index contributed by atoms with van der Waals surface area (Å²) in [7, 11) is 0. The van der Waals surface area contributed by atoms with Crippen molar-refractivity contribution in [1.82, 2.24) is 32.4 Å². The van der Waals surface area contributed by atoms with Crippen molar-refractivity contribution in [2.75, 3.05) is 0 Å². The predicted octanol–water partition coefficient (Wildman–Crippen LogP) is 21.9. The van der Waals surface area contributed by atoms with Crippen molar-refractivity contribution in [3.05, 3.63) is 322 Å². The molecule has 0 unspecified atom stereocenters. The molecule has 14 aromatic carbocycles. The molecule has 0 saturated heterocycles. The van der Waals surface area contributed by atoms with Crippen LogP contribution >= 0.6 is 0 Å². The fourth-order valence-corrected chi connectivity index (χ4v) is 15.7. The van der Waals surface area contributed by atoms with Gasteiger partial charge in [0, 0.05) is 106 Å². The quantitative estimate of drug-likeness (QED) is 0.164. The number of benzene rings is 13. The molecule has 0 fully saturated rings. The maximum atomic E-state index is 5.48. The second-order valence-corrected chi connectivity index (χ2v) is 24.2. The molecule has 92 heavy (non-hydrogen) atoms. The third kappa shape index (κ3) is 7.18. The Kier molecular flexibility index (Phi) is 10.7. The van der Waals surface area contributed by atoms with Crippen LogP contribution in [-0.2, 0) is 0 Å². The van der Waals surface area contributed by atoms with E-state index in [-0.39, 0.29) is 0 Å². The summed E-state index contributed by atoms with van der Waals surface area (Å²) in [5.74, 6) is 0. The average Bonchev–Trinajstić information content (AvgIpc) is 1.83. The number of fused-ring (bicyclic) bond motifs is 21. The minimum atomic E-state index is 0.918. The number of hydrogen-bond acceptors (Lipinski definition) is 1. The molecular weight excluding hydrogens is 1120 g/mol. The van der Waals surface area contributed by atoms with E-state index in [2.05, 4.69) is 343 Å². The van der Waals surface area contributed by atoms with Gasteiger partial charge in [-0.25, -0.2) is 0 Å². The smallest absolute Gasteiger partial charge is 0.0787 e. The normalized spacial score (nSPS) is 12.1. The summed E-state index contributed by atoms with van der Waals surface area (Å²) >= 11 is 0. The summed E-state index contributed by atoms with van der Waals surface area (Å²) < 4.78 is 14.6. The molecule has 0 saturated carbocycles. The topological polar surface area (TPSA) is 42.5 Å². The molecule has 0 aliphatic heterocycles. The molecule has 6 heterocycles. The van der Waals surface area contributed by atoms with Crippen molar-refractivity contribution in [3.8, 4) is 34.1 Å². The fraction of sp³-hybridized carbons (Fsp3) is 0. The number of para-hydroxylation sites is 8. The number of nitrogens with zero attached hydrogens (tertiary/aromatic N) is 7. The van der Waals surface area contributed by atoms with Crippen LogP contribution in [0.3, 0.4) is 0 Å². The van der Waals surface area contributed by atoms with Crippen LogP contribution < -0.4 is 0 Å². The minimum Gasteiger partial charge on any atom is -0.314 e. The summed E-state index contributed by atoms with van der Waals surface area (Å²) in [6.45, 7) is 0. The van der Waals surface area contributed by atoms with Crippen LogP contribution in [0, 0.1) is 0 Å². The highest BCUT2D eigenvalue weighted by Crippen LogP contribution is 2.47. The van der Waals surface area contributed by atoms with Crippen LogP contribution in [0.5, 0.6) is 0 Å². The number of aromatic nitrogens is 7. The maximum absolute atomic E-state index is 5.48. The van der Waals surface area contributed by atoms with E-state index in [0.717, 1.165) is 110 Å². The lowest BCUT2D eigenvalue weighted by molar-refractivity contribution is 1.01. The molecule has 0 aliphatic rings. The Morgan fingerprint density at radius 1 is 0.196 bits per heavy atom. The number of hydrogen-bond donors (Lipinski definition) is 0. The van der Waals surface area contributed by atoms with Crippen LogP contribution in [0.1, 0.15) is 0 Å². The van der Waals surface area contributed by atoms with Gasteiger partial charge in [0.1, 0.15) is 0 Å². The molecule has 0 spiro atoms. The molecule has 20 rings (SSSR count). The highest BCUT2D eigenvalue weighted by atomic mass is 15.1. The lowest BCUT2D eigenvalue weighted by Crippen LogP contribution is -2.05. The van der Waals surface area contributed by atoms with E-state index in [1.165, 1.54) is 65.2 Å². The van der Waals surface area contributed by atoms with Gasteiger partial charge in [0.25, 0.3) is 0 Å². The summed E-state index contributed by atoms with van der Waals surface area (Å²) in [6, 6.07) is 112. The molecule has 7 nitrogen and oxygen atoms in total. The Morgan fingerprint density at radius 3 is 0.967 bits per heavy atom. The van der Waals surface area contributed by atoms with E-state index < -0.39 is 0 Å². The van der Waals surface area contributed by atoms with Crippen LogP contribution in [0.25, 0.3) is 176 Å². The standard InChI is InChI=1S/C85H53N7/c1-3-22-54(23-4-1)87-48-49-88(55-24-5-2-6-25-55)82-53-70-67(52-81(82)87)65-33-20-42-80(92-76-40-18-12-31-63(76)69-51-57(44-46-78(69)92)90-73-37-15-9-28-60(73)61-29-10-16-38-74(61)90)84(65)83-64(66-34-21-47-86-85(66)70)32-19-41-79(83)91-75-39-17-11-30-62(75)68-50-56(43-45-77(68)91)89-71-35-13-7-26-58(71)59-27-8-14-36-72(59)89/h1-53H. The molecule has 0 radical (unpaired) electrons. The van der Waals surface area contributed by atoms with Gasteiger partial charge in [-0.2, -0.15) is 0 Å². The number of rotatable bonds is 6. The van der Waals surface area contributed by atoms with E-state index in [9.17, 15) is 0 Å². The van der Waals surface area contributed by atoms with Gasteiger partial charge >= 0.3 is 0 Å². The minimum absolute atomic E-state index is 0.918. The fourth-order valence-electron chi connectivity index (χ4n) is 15.7. The van der Waals surface area contributed by atoms with Crippen LogP contribution in [0.2, 0.25) is 0 Å². The molecule has 0 bridgehead atoms. The van der Waals surface area contributed by atoms with Crippen LogP contribution in [0.15, 0.2) is 322 Å². The van der Waals surface area contributed by atoms with Gasteiger partial charge in [-0.3, -0.25) is 4.98 Å². The number of pyridine rings is 1. The van der Waals surface area contributed by atoms with E-state index >= 15 is 0 Å². The van der Waals surface area contributed by atoms with Crippen LogP contribution in [-0.4, -0.2) is 32.4 Å². The molecule has 0 N–H and O–H groups in total. The van der Waals surface area contributed by atoms with Gasteiger partial charge in [-0.15, -0.1) is 0 Å². The Labute approximate surface area is 526 Å². The Morgan fingerprint density at radius 2 is 0.533 bits per heavy atom. The Bertz CT molecular complexity index is 6460. The van der Waals surface area contributed by atoms with Crippen molar-refractivity contribution < 1.29 is 0 Å². The molecule has 0 amide bonds. The van der Waals surface area contributed by atoms with Crippen molar-refractivity contribution >= 4 is 141 Å². The highest BCUT2D eigenvalue weighted by Gasteiger charge is 2.24. The van der Waals surface area contributed by atoms with Crippen LogP contribution in [0.4, 0.5) is 0 Å². The Hall–Kier alpha value is -12.5. The van der Waals surface area contributed by atoms with Gasteiger partial charge < -0.3 is 27.4 Å². The van der Waals surface area contributed by atoms with Gasteiger partial charge in [-0.1, -0.05) is 176 Å². The Balaban J connectivity index is 0.962. The lowest BCUT2D eigenvalue weighted by Gasteiger charge is -2.21. The van der Waals surface area contributed by atoms with Crippen molar-refractivity contribution in [3.63, 3.8) is 0 Å². The first-order valence-electron chi connectivity index (χ1n) is 31.5. The van der Waals surface area contributed by atoms with Crippen molar-refractivity contribution in [1.29, 1.82) is 0 Å². The van der Waals surface area contributed by atoms with E-state index in [1.807, 2.05) is 6.20 Å². The van der Waals surface area contributed by atoms with Gasteiger partial charge in [0.2, 0.25) is 0 Å². The van der Waals surface area contributed by atoms with Gasteiger partial charge in [-0.05, 0) is 144 Å². The molecule has 20 aromatic rings. The summed E-state index contributed by atoms with van der Waals surface area (Å²) in [4.78, 5) is 5.48. The molecule has 428 valence electrons. The predicted molar refractivity (Wildman–Crippen MR) is 385 cm³/mol. The highest BCUT2D eigenvalue weighted by molar-refractivity contribution is 6.30. The van der Waals surface area contributed by atoms with E-state index in [4.69, 9.17) is 4.98 Å². The first kappa shape index (κ1) is 50.5. The molecular formula is C85H53N7. The zero-order valence-electron chi connectivity index (χ0n) is 49.7.